The lowest BCUT2D eigenvalue weighted by Crippen LogP contribution is -2.35. The minimum Gasteiger partial charge on any atom is -0.309 e. The Morgan fingerprint density at radius 1 is 1.08 bits per heavy atom. The third-order valence-electron chi connectivity index (χ3n) is 4.45. The van der Waals surface area contributed by atoms with E-state index in [1.165, 1.54) is 5.56 Å². The summed E-state index contributed by atoms with van der Waals surface area (Å²) in [5.74, 6) is 0.0534. The molecular weight excluding hydrogens is 318 g/mol. The van der Waals surface area contributed by atoms with Crippen molar-refractivity contribution >= 4 is 29.1 Å². The SMILES string of the molecule is CSc1ccc(C(=O)CCC(=O)N2c3ccccc3C[C@H]2C)cc1. The lowest BCUT2D eigenvalue weighted by molar-refractivity contribution is -0.118. The van der Waals surface area contributed by atoms with Crippen LogP contribution in [0.4, 0.5) is 5.69 Å². The van der Waals surface area contributed by atoms with Crippen molar-refractivity contribution in [1.82, 2.24) is 0 Å². The van der Waals surface area contributed by atoms with E-state index in [2.05, 4.69) is 13.0 Å². The normalized spacial score (nSPS) is 16.1. The summed E-state index contributed by atoms with van der Waals surface area (Å²) in [5, 5.41) is 0. The fraction of sp³-hybridized carbons (Fsp3) is 0.300. The highest BCUT2D eigenvalue weighted by molar-refractivity contribution is 7.98. The second kappa shape index (κ2) is 7.22. The summed E-state index contributed by atoms with van der Waals surface area (Å²) >= 11 is 1.65. The van der Waals surface area contributed by atoms with Crippen LogP contribution in [0.3, 0.4) is 0 Å². The topological polar surface area (TPSA) is 37.4 Å². The van der Waals surface area contributed by atoms with Gasteiger partial charge >= 0.3 is 0 Å². The minimum absolute atomic E-state index is 0.0242. The first-order valence-corrected chi connectivity index (χ1v) is 9.40. The van der Waals surface area contributed by atoms with Crippen LogP contribution in [0.15, 0.2) is 53.4 Å². The number of amides is 1. The molecule has 1 aliphatic rings. The average Bonchev–Trinajstić information content (AvgIpc) is 2.95. The van der Waals surface area contributed by atoms with Crippen molar-refractivity contribution in [3.63, 3.8) is 0 Å². The van der Waals surface area contributed by atoms with Gasteiger partial charge in [0.15, 0.2) is 5.78 Å². The fourth-order valence-electron chi connectivity index (χ4n) is 3.21. The molecule has 0 saturated carbocycles. The Balaban J connectivity index is 1.64. The van der Waals surface area contributed by atoms with Gasteiger partial charge in [0, 0.05) is 35.0 Å². The van der Waals surface area contributed by atoms with Gasteiger partial charge < -0.3 is 4.90 Å². The lowest BCUT2D eigenvalue weighted by atomic mass is 10.1. The number of ketones is 1. The molecule has 1 aliphatic heterocycles. The number of nitrogens with zero attached hydrogens (tertiary/aromatic N) is 1. The van der Waals surface area contributed by atoms with Crippen LogP contribution in [0.2, 0.25) is 0 Å². The largest absolute Gasteiger partial charge is 0.309 e. The van der Waals surface area contributed by atoms with Crippen LogP contribution in [0.1, 0.15) is 35.7 Å². The summed E-state index contributed by atoms with van der Waals surface area (Å²) in [5.41, 5.74) is 2.87. The Kier molecular flexibility index (Phi) is 5.05. The zero-order valence-electron chi connectivity index (χ0n) is 14.0. The molecule has 1 amide bonds. The van der Waals surface area contributed by atoms with Crippen LogP contribution < -0.4 is 4.90 Å². The van der Waals surface area contributed by atoms with Crippen molar-refractivity contribution < 1.29 is 9.59 Å². The van der Waals surface area contributed by atoms with E-state index in [9.17, 15) is 9.59 Å². The van der Waals surface area contributed by atoms with Crippen molar-refractivity contribution in [3.8, 4) is 0 Å². The molecule has 0 bridgehead atoms. The molecule has 124 valence electrons. The predicted octanol–water partition coefficient (Wildman–Crippen LogP) is 4.35. The van der Waals surface area contributed by atoms with Crippen LogP contribution >= 0.6 is 11.8 Å². The first-order valence-electron chi connectivity index (χ1n) is 8.17. The molecule has 0 fully saturated rings. The van der Waals surface area contributed by atoms with Gasteiger partial charge in [-0.1, -0.05) is 30.3 Å². The van der Waals surface area contributed by atoms with Crippen LogP contribution in [-0.4, -0.2) is 24.0 Å². The van der Waals surface area contributed by atoms with Gasteiger partial charge in [0.25, 0.3) is 0 Å². The number of Topliss-reactive ketones (excluding diaryl/α,β-unsaturated/α-hetero) is 1. The minimum atomic E-state index is 0.0242. The van der Waals surface area contributed by atoms with E-state index in [1.807, 2.05) is 53.6 Å². The molecule has 1 atom stereocenters. The molecular formula is C20H21NO2S. The Morgan fingerprint density at radius 3 is 2.50 bits per heavy atom. The highest BCUT2D eigenvalue weighted by Crippen LogP contribution is 2.32. The van der Waals surface area contributed by atoms with Gasteiger partial charge in [0.05, 0.1) is 0 Å². The smallest absolute Gasteiger partial charge is 0.227 e. The second-order valence-electron chi connectivity index (χ2n) is 6.10. The molecule has 1 heterocycles. The number of hydrogen-bond acceptors (Lipinski definition) is 3. The molecule has 0 unspecified atom stereocenters. The molecule has 0 aromatic heterocycles. The van der Waals surface area contributed by atoms with E-state index in [0.29, 0.717) is 5.56 Å². The molecule has 0 radical (unpaired) electrons. The van der Waals surface area contributed by atoms with Gasteiger partial charge in [0.1, 0.15) is 0 Å². The number of para-hydroxylation sites is 1. The van der Waals surface area contributed by atoms with Crippen molar-refractivity contribution in [1.29, 1.82) is 0 Å². The molecule has 2 aromatic carbocycles. The standard InChI is InChI=1S/C20H21NO2S/c1-14-13-16-5-3-4-6-18(16)21(14)20(23)12-11-19(22)15-7-9-17(24-2)10-8-15/h3-10,14H,11-13H2,1-2H3/t14-/m1/s1. The second-order valence-corrected chi connectivity index (χ2v) is 6.98. The van der Waals surface area contributed by atoms with Gasteiger partial charge in [0.2, 0.25) is 5.91 Å². The molecule has 0 aliphatic carbocycles. The molecule has 0 saturated heterocycles. The van der Waals surface area contributed by atoms with Gasteiger partial charge in [-0.15, -0.1) is 11.8 Å². The number of fused-ring (bicyclic) bond motifs is 1. The Morgan fingerprint density at radius 2 is 1.79 bits per heavy atom. The number of hydrogen-bond donors (Lipinski definition) is 0. The van der Waals surface area contributed by atoms with Crippen molar-refractivity contribution in [2.75, 3.05) is 11.2 Å². The highest BCUT2D eigenvalue weighted by atomic mass is 32.2. The molecule has 24 heavy (non-hydrogen) atoms. The number of rotatable bonds is 5. The maximum atomic E-state index is 12.6. The van der Waals surface area contributed by atoms with E-state index in [1.54, 1.807) is 11.8 Å². The van der Waals surface area contributed by atoms with E-state index < -0.39 is 0 Å². The third-order valence-corrected chi connectivity index (χ3v) is 5.20. The number of carbonyl (C=O) groups excluding carboxylic acids is 2. The Bertz CT molecular complexity index is 754. The molecule has 3 rings (SSSR count). The summed E-state index contributed by atoms with van der Waals surface area (Å²) in [6.07, 6.45) is 3.39. The predicted molar refractivity (Wildman–Crippen MR) is 98.9 cm³/mol. The summed E-state index contributed by atoms with van der Waals surface area (Å²) in [4.78, 5) is 27.9. The van der Waals surface area contributed by atoms with E-state index >= 15 is 0 Å². The highest BCUT2D eigenvalue weighted by Gasteiger charge is 2.30. The van der Waals surface area contributed by atoms with Crippen molar-refractivity contribution in [2.45, 2.75) is 37.1 Å². The maximum Gasteiger partial charge on any atom is 0.227 e. The van der Waals surface area contributed by atoms with Gasteiger partial charge in [-0.3, -0.25) is 9.59 Å². The first kappa shape index (κ1) is 16.8. The van der Waals surface area contributed by atoms with Gasteiger partial charge in [-0.05, 0) is 43.4 Å². The number of carbonyl (C=O) groups is 2. The Hall–Kier alpha value is -2.07. The van der Waals surface area contributed by atoms with Crippen LogP contribution in [0, 0.1) is 0 Å². The molecule has 0 N–H and O–H groups in total. The zero-order valence-corrected chi connectivity index (χ0v) is 14.8. The first-order chi connectivity index (χ1) is 11.6. The fourth-order valence-corrected chi connectivity index (χ4v) is 3.62. The maximum absolute atomic E-state index is 12.6. The summed E-state index contributed by atoms with van der Waals surface area (Å²) in [6.45, 7) is 2.06. The Labute approximate surface area is 147 Å². The third kappa shape index (κ3) is 3.39. The summed E-state index contributed by atoms with van der Waals surface area (Å²) in [7, 11) is 0. The number of thioether (sulfide) groups is 1. The van der Waals surface area contributed by atoms with E-state index in [0.717, 1.165) is 17.0 Å². The van der Waals surface area contributed by atoms with Crippen LogP contribution in [-0.2, 0) is 11.2 Å². The molecule has 3 nitrogen and oxygen atoms in total. The summed E-state index contributed by atoms with van der Waals surface area (Å²) < 4.78 is 0. The quantitative estimate of drug-likeness (QED) is 0.600. The number of anilines is 1. The number of benzene rings is 2. The van der Waals surface area contributed by atoms with Crippen molar-refractivity contribution in [3.05, 3.63) is 59.7 Å². The van der Waals surface area contributed by atoms with Gasteiger partial charge in [-0.2, -0.15) is 0 Å². The molecule has 4 heteroatoms. The average molecular weight is 339 g/mol. The van der Waals surface area contributed by atoms with Crippen molar-refractivity contribution in [2.24, 2.45) is 0 Å². The summed E-state index contributed by atoms with van der Waals surface area (Å²) in [6, 6.07) is 15.7. The molecule has 2 aromatic rings. The van der Waals surface area contributed by atoms with Gasteiger partial charge in [-0.25, -0.2) is 0 Å². The van der Waals surface area contributed by atoms with E-state index in [4.69, 9.17) is 0 Å². The van der Waals surface area contributed by atoms with Crippen LogP contribution in [0.25, 0.3) is 0 Å². The monoisotopic (exact) mass is 339 g/mol. The van der Waals surface area contributed by atoms with E-state index in [-0.39, 0.29) is 30.6 Å². The molecule has 0 spiro atoms. The zero-order chi connectivity index (χ0) is 17.1. The lowest BCUT2D eigenvalue weighted by Gasteiger charge is -2.22. The van der Waals surface area contributed by atoms with Crippen LogP contribution in [0.5, 0.6) is 0 Å².